The summed E-state index contributed by atoms with van der Waals surface area (Å²) in [5, 5.41) is 12.9. The molecule has 0 unspecified atom stereocenters. The Bertz CT molecular complexity index is 1480. The molecule has 5 nitrogen and oxygen atoms in total. The molecule has 0 atom stereocenters. The Morgan fingerprint density at radius 2 is 1.73 bits per heavy atom. The second kappa shape index (κ2) is 8.42. The van der Waals surface area contributed by atoms with Gasteiger partial charge in [-0.2, -0.15) is 0 Å². The zero-order valence-electron chi connectivity index (χ0n) is 18.9. The maximum Gasteiger partial charge on any atom is 0.239 e. The van der Waals surface area contributed by atoms with Gasteiger partial charge in [0.05, 0.1) is 27.2 Å². The van der Waals surface area contributed by atoms with Gasteiger partial charge in [0.15, 0.2) is 0 Å². The molecular weight excluding hydrogens is 479 g/mol. The number of phenolic OH excluding ortho intramolecular Hbond substituents is 1. The minimum atomic E-state index is -3.85. The predicted octanol–water partition coefficient (Wildman–Crippen LogP) is 7.51. The number of hydrogen-bond donors (Lipinski definition) is 2. The van der Waals surface area contributed by atoms with Crippen LogP contribution in [0.1, 0.15) is 39.8 Å². The van der Waals surface area contributed by atoms with Crippen LogP contribution >= 0.6 is 23.2 Å². The molecule has 0 fully saturated rings. The molecule has 0 spiro atoms. The van der Waals surface area contributed by atoms with E-state index in [9.17, 15) is 13.5 Å². The van der Waals surface area contributed by atoms with Crippen LogP contribution in [0.5, 0.6) is 5.75 Å². The van der Waals surface area contributed by atoms with Crippen molar-refractivity contribution in [3.05, 3.63) is 64.3 Å². The van der Waals surface area contributed by atoms with Gasteiger partial charge >= 0.3 is 0 Å². The summed E-state index contributed by atoms with van der Waals surface area (Å²) in [6, 6.07) is 14.5. The van der Waals surface area contributed by atoms with E-state index in [0.717, 1.165) is 33.8 Å². The lowest BCUT2D eigenvalue weighted by Gasteiger charge is -2.30. The monoisotopic (exact) mass is 504 g/mol. The molecule has 1 aromatic heterocycles. The number of sulfonamides is 1. The fourth-order valence-electron chi connectivity index (χ4n) is 4.04. The zero-order valence-corrected chi connectivity index (χ0v) is 21.2. The van der Waals surface area contributed by atoms with Gasteiger partial charge in [0.2, 0.25) is 10.0 Å². The summed E-state index contributed by atoms with van der Waals surface area (Å²) in [6.07, 6.45) is 0.773. The van der Waals surface area contributed by atoms with E-state index >= 15 is 0 Å². The van der Waals surface area contributed by atoms with Gasteiger partial charge in [0, 0.05) is 28.1 Å². The standard InChI is InChI=1S/C25H26Cl2N2O3S/c1-5-25(3,4)24-23(22-16-10-8-7-9-15(16)11-12-19(22)28-24)29(33(31,32)6-2)20-13-18(27)21(30)14-17(20)26/h7-14,28,30H,5-6H2,1-4H3. The molecule has 33 heavy (non-hydrogen) atoms. The predicted molar refractivity (Wildman–Crippen MR) is 139 cm³/mol. The third-order valence-electron chi connectivity index (χ3n) is 6.30. The van der Waals surface area contributed by atoms with E-state index in [1.807, 2.05) is 36.4 Å². The molecule has 3 aromatic carbocycles. The first-order valence-electron chi connectivity index (χ1n) is 10.8. The Hall–Kier alpha value is -2.41. The Morgan fingerprint density at radius 3 is 2.39 bits per heavy atom. The highest BCUT2D eigenvalue weighted by Gasteiger charge is 2.35. The third-order valence-corrected chi connectivity index (χ3v) is 8.57. The first kappa shape index (κ1) is 23.7. The summed E-state index contributed by atoms with van der Waals surface area (Å²) in [7, 11) is -3.85. The number of aromatic hydroxyl groups is 1. The lowest BCUT2D eigenvalue weighted by atomic mass is 9.85. The van der Waals surface area contributed by atoms with Crippen molar-refractivity contribution in [2.24, 2.45) is 0 Å². The summed E-state index contributed by atoms with van der Waals surface area (Å²) in [5.41, 5.74) is 1.97. The van der Waals surface area contributed by atoms with Crippen molar-refractivity contribution in [1.29, 1.82) is 0 Å². The van der Waals surface area contributed by atoms with Crippen molar-refractivity contribution in [1.82, 2.24) is 4.98 Å². The minimum Gasteiger partial charge on any atom is -0.506 e. The van der Waals surface area contributed by atoms with Gasteiger partial charge in [-0.1, -0.05) is 74.3 Å². The van der Waals surface area contributed by atoms with E-state index in [0.29, 0.717) is 5.69 Å². The van der Waals surface area contributed by atoms with Crippen molar-refractivity contribution in [3.8, 4) is 5.75 Å². The molecule has 0 saturated heterocycles. The van der Waals surface area contributed by atoms with E-state index in [2.05, 4.69) is 25.8 Å². The van der Waals surface area contributed by atoms with Crippen molar-refractivity contribution in [3.63, 3.8) is 0 Å². The molecule has 0 aliphatic heterocycles. The summed E-state index contributed by atoms with van der Waals surface area (Å²) >= 11 is 12.7. The van der Waals surface area contributed by atoms with Crippen molar-refractivity contribution in [2.45, 2.75) is 39.5 Å². The Kier molecular flexibility index (Phi) is 6.06. The van der Waals surface area contributed by atoms with Gasteiger partial charge < -0.3 is 10.1 Å². The van der Waals surface area contributed by atoms with Crippen LogP contribution in [0.4, 0.5) is 11.4 Å². The number of aromatic amines is 1. The second-order valence-electron chi connectivity index (χ2n) is 8.72. The molecule has 0 aliphatic rings. The minimum absolute atomic E-state index is 0.0201. The average Bonchev–Trinajstić information content (AvgIpc) is 3.18. The summed E-state index contributed by atoms with van der Waals surface area (Å²) < 4.78 is 28.6. The Balaban J connectivity index is 2.24. The average molecular weight is 505 g/mol. The Morgan fingerprint density at radius 1 is 1.03 bits per heavy atom. The number of fused-ring (bicyclic) bond motifs is 3. The molecule has 0 aliphatic carbocycles. The number of phenols is 1. The molecule has 0 saturated carbocycles. The molecule has 8 heteroatoms. The first-order chi connectivity index (χ1) is 15.5. The molecule has 1 heterocycles. The first-order valence-corrected chi connectivity index (χ1v) is 13.1. The molecule has 4 rings (SSSR count). The molecule has 174 valence electrons. The van der Waals surface area contributed by atoms with E-state index in [1.165, 1.54) is 16.4 Å². The maximum atomic E-state index is 13.6. The van der Waals surface area contributed by atoms with Crippen LogP contribution in [0.2, 0.25) is 10.0 Å². The fourth-order valence-corrected chi connectivity index (χ4v) is 5.66. The van der Waals surface area contributed by atoms with Crippen LogP contribution in [0, 0.1) is 0 Å². The van der Waals surface area contributed by atoms with Crippen LogP contribution in [0.25, 0.3) is 21.7 Å². The highest BCUT2D eigenvalue weighted by molar-refractivity contribution is 7.93. The molecule has 2 N–H and O–H groups in total. The number of benzene rings is 3. The van der Waals surface area contributed by atoms with Crippen LogP contribution in [0.3, 0.4) is 0 Å². The molecule has 4 aromatic rings. The fraction of sp³-hybridized carbons (Fsp3) is 0.280. The van der Waals surface area contributed by atoms with E-state index in [1.54, 1.807) is 6.92 Å². The van der Waals surface area contributed by atoms with E-state index in [-0.39, 0.29) is 32.7 Å². The van der Waals surface area contributed by atoms with Gasteiger partial charge in [-0.05, 0) is 36.2 Å². The highest BCUT2D eigenvalue weighted by Crippen LogP contribution is 2.48. The van der Waals surface area contributed by atoms with Gasteiger partial charge in [-0.15, -0.1) is 0 Å². The van der Waals surface area contributed by atoms with Gasteiger partial charge in [-0.3, -0.25) is 0 Å². The molecule has 0 radical (unpaired) electrons. The zero-order chi connectivity index (χ0) is 24.1. The number of H-pyrrole nitrogens is 1. The number of hydrogen-bond acceptors (Lipinski definition) is 3. The normalized spacial score (nSPS) is 12.5. The van der Waals surface area contributed by atoms with Gasteiger partial charge in [-0.25, -0.2) is 12.7 Å². The van der Waals surface area contributed by atoms with E-state index < -0.39 is 10.0 Å². The largest absolute Gasteiger partial charge is 0.506 e. The number of aromatic nitrogens is 1. The number of nitrogens with zero attached hydrogens (tertiary/aromatic N) is 1. The van der Waals surface area contributed by atoms with E-state index in [4.69, 9.17) is 23.2 Å². The number of nitrogens with one attached hydrogen (secondary N) is 1. The topological polar surface area (TPSA) is 73.4 Å². The molecule has 0 amide bonds. The quantitative estimate of drug-likeness (QED) is 0.285. The van der Waals surface area contributed by atoms with Crippen LogP contribution < -0.4 is 4.31 Å². The van der Waals surface area contributed by atoms with Crippen molar-refractivity contribution < 1.29 is 13.5 Å². The summed E-state index contributed by atoms with van der Waals surface area (Å²) in [5.74, 6) is -0.358. The number of rotatable bonds is 6. The summed E-state index contributed by atoms with van der Waals surface area (Å²) in [6.45, 7) is 7.81. The van der Waals surface area contributed by atoms with Crippen LogP contribution in [-0.2, 0) is 15.4 Å². The van der Waals surface area contributed by atoms with Crippen LogP contribution in [-0.4, -0.2) is 24.3 Å². The number of anilines is 2. The van der Waals surface area contributed by atoms with Crippen molar-refractivity contribution in [2.75, 3.05) is 10.1 Å². The van der Waals surface area contributed by atoms with Gasteiger partial charge in [0.25, 0.3) is 0 Å². The third kappa shape index (κ3) is 3.94. The smallest absolute Gasteiger partial charge is 0.239 e. The Labute approximate surface area is 204 Å². The summed E-state index contributed by atoms with van der Waals surface area (Å²) in [4.78, 5) is 3.51. The molecular formula is C25H26Cl2N2O3S. The lowest BCUT2D eigenvalue weighted by molar-refractivity contribution is 0.475. The number of halogens is 2. The van der Waals surface area contributed by atoms with Crippen LogP contribution in [0.15, 0.2) is 48.5 Å². The maximum absolute atomic E-state index is 13.6. The molecule has 0 bridgehead atoms. The van der Waals surface area contributed by atoms with Crippen molar-refractivity contribution >= 4 is 66.3 Å². The second-order valence-corrected chi connectivity index (χ2v) is 11.6. The lowest BCUT2D eigenvalue weighted by Crippen LogP contribution is -2.31. The van der Waals surface area contributed by atoms with Gasteiger partial charge in [0.1, 0.15) is 5.75 Å². The highest BCUT2D eigenvalue weighted by atomic mass is 35.5. The SMILES string of the molecule is CCC(C)(C)c1[nH]c2ccc3ccccc3c2c1N(c1cc(Cl)c(O)cc1Cl)S(=O)(=O)CC.